The van der Waals surface area contributed by atoms with Crippen LogP contribution in [0.3, 0.4) is 0 Å². The molecule has 6 heteroatoms. The second-order valence-corrected chi connectivity index (χ2v) is 11.6. The third-order valence-corrected chi connectivity index (χ3v) is 3.77. The highest BCUT2D eigenvalue weighted by Gasteiger charge is 2.24. The van der Waals surface area contributed by atoms with Gasteiger partial charge in [0, 0.05) is 6.42 Å². The maximum absolute atomic E-state index is 10.8. The van der Waals surface area contributed by atoms with Crippen LogP contribution in [0.2, 0.25) is 6.04 Å². The summed E-state index contributed by atoms with van der Waals surface area (Å²) in [5.74, 6) is -0.222. The summed E-state index contributed by atoms with van der Waals surface area (Å²) < 4.78 is 4.70. The first-order valence-electron chi connectivity index (χ1n) is 3.68. The fraction of sp³-hybridized carbons (Fsp3) is 0.833. The van der Waals surface area contributed by atoms with Crippen LogP contribution in [0.4, 0.5) is 0 Å². The summed E-state index contributed by atoms with van der Waals surface area (Å²) in [7, 11) is 0. The zero-order chi connectivity index (χ0) is 9.61. The van der Waals surface area contributed by atoms with Gasteiger partial charge in [-0.25, -0.2) is 0 Å². The van der Waals surface area contributed by atoms with E-state index in [1.54, 1.807) is 6.92 Å². The van der Waals surface area contributed by atoms with Gasteiger partial charge in [-0.2, -0.15) is 0 Å². The van der Waals surface area contributed by atoms with Crippen LogP contribution in [-0.2, 0) is 9.53 Å². The Labute approximate surface area is 87.2 Å². The van der Waals surface area contributed by atoms with Crippen molar-refractivity contribution < 1.29 is 9.53 Å². The van der Waals surface area contributed by atoms with Crippen LogP contribution in [0.5, 0.6) is 0 Å². The molecule has 0 aromatic rings. The van der Waals surface area contributed by atoms with E-state index in [0.717, 1.165) is 0 Å². The fourth-order valence-corrected chi connectivity index (χ4v) is 2.45. The average molecular weight is 250 g/mol. The molecular formula is C6H11Cl3O2Si. The molecule has 0 amide bonds. The molecule has 0 aliphatic rings. The topological polar surface area (TPSA) is 26.3 Å². The molecule has 0 spiro atoms. The minimum atomic E-state index is -2.54. The summed E-state index contributed by atoms with van der Waals surface area (Å²) in [5.41, 5.74) is 0. The molecule has 0 aromatic carbocycles. The van der Waals surface area contributed by atoms with Crippen molar-refractivity contribution in [1.82, 2.24) is 0 Å². The van der Waals surface area contributed by atoms with Gasteiger partial charge in [-0.05, 0) is 19.4 Å². The Morgan fingerprint density at radius 1 is 1.42 bits per heavy atom. The van der Waals surface area contributed by atoms with Crippen LogP contribution in [0.15, 0.2) is 0 Å². The lowest BCUT2D eigenvalue weighted by Gasteiger charge is -2.06. The first-order valence-corrected chi connectivity index (χ1v) is 8.92. The number of halogens is 3. The van der Waals surface area contributed by atoms with Crippen molar-refractivity contribution in [3.63, 3.8) is 0 Å². The minimum absolute atomic E-state index is 0.222. The number of ether oxygens (including phenoxy) is 1. The van der Waals surface area contributed by atoms with Crippen molar-refractivity contribution in [2.75, 3.05) is 6.61 Å². The predicted octanol–water partition coefficient (Wildman–Crippen LogP) is 2.99. The third-order valence-electron chi connectivity index (χ3n) is 1.15. The highest BCUT2D eigenvalue weighted by molar-refractivity contribution is 7.64. The van der Waals surface area contributed by atoms with E-state index in [1.807, 2.05) is 0 Å². The van der Waals surface area contributed by atoms with Gasteiger partial charge in [-0.15, -0.1) is 33.2 Å². The van der Waals surface area contributed by atoms with Gasteiger partial charge in [0.15, 0.2) is 0 Å². The summed E-state index contributed by atoms with van der Waals surface area (Å²) in [6, 6.07) is -2.03. The summed E-state index contributed by atoms with van der Waals surface area (Å²) in [5, 5.41) is 0. The smallest absolute Gasteiger partial charge is 0.341 e. The monoisotopic (exact) mass is 248 g/mol. The molecule has 12 heavy (non-hydrogen) atoms. The molecule has 0 saturated carbocycles. The van der Waals surface area contributed by atoms with Crippen molar-refractivity contribution in [2.24, 2.45) is 0 Å². The molecule has 0 unspecified atom stereocenters. The molecule has 72 valence electrons. The molecule has 0 heterocycles. The number of esters is 1. The first-order chi connectivity index (χ1) is 5.45. The highest BCUT2D eigenvalue weighted by Crippen LogP contribution is 2.26. The Bertz CT molecular complexity index is 146. The summed E-state index contributed by atoms with van der Waals surface area (Å²) in [6.07, 6.45) is 0.941. The van der Waals surface area contributed by atoms with Gasteiger partial charge in [0.2, 0.25) is 0 Å². The molecule has 0 fully saturated rings. The van der Waals surface area contributed by atoms with Crippen LogP contribution in [0, 0.1) is 0 Å². The highest BCUT2D eigenvalue weighted by atomic mass is 35.8. The number of carbonyl (C=O) groups is 1. The van der Waals surface area contributed by atoms with Gasteiger partial charge in [0.1, 0.15) is 0 Å². The zero-order valence-corrected chi connectivity index (χ0v) is 10.0. The Hall–Kier alpha value is 0.557. The second kappa shape index (κ2) is 6.08. The molecule has 0 rings (SSSR count). The number of hydrogen-bond acceptors (Lipinski definition) is 2. The standard InChI is InChI=1S/C6H11Cl3O2Si/c1-2-11-6(10)4-3-5-12(7,8)9/h2-5H2,1H3. The number of hydrogen-bond donors (Lipinski definition) is 0. The van der Waals surface area contributed by atoms with Gasteiger partial charge >= 0.3 is 12.0 Å². The van der Waals surface area contributed by atoms with Crippen molar-refractivity contribution >= 4 is 45.2 Å². The van der Waals surface area contributed by atoms with Crippen molar-refractivity contribution in [3.8, 4) is 0 Å². The predicted molar refractivity (Wildman–Crippen MR) is 54.0 cm³/mol. The van der Waals surface area contributed by atoms with Crippen LogP contribution in [0.1, 0.15) is 19.8 Å². The Morgan fingerprint density at radius 2 is 2.00 bits per heavy atom. The van der Waals surface area contributed by atoms with Gasteiger partial charge < -0.3 is 4.74 Å². The lowest BCUT2D eigenvalue weighted by Crippen LogP contribution is -2.10. The van der Waals surface area contributed by atoms with Gasteiger partial charge in [0.25, 0.3) is 0 Å². The molecule has 0 aliphatic heterocycles. The largest absolute Gasteiger partial charge is 0.466 e. The normalized spacial score (nSPS) is 11.3. The fourth-order valence-electron chi connectivity index (χ4n) is 0.666. The summed E-state index contributed by atoms with van der Waals surface area (Å²) in [4.78, 5) is 10.8. The van der Waals surface area contributed by atoms with E-state index >= 15 is 0 Å². The van der Waals surface area contributed by atoms with Crippen molar-refractivity contribution in [2.45, 2.75) is 25.8 Å². The summed E-state index contributed by atoms with van der Waals surface area (Å²) in [6.45, 7) is 2.17. The van der Waals surface area contributed by atoms with Crippen molar-refractivity contribution in [1.29, 1.82) is 0 Å². The van der Waals surface area contributed by atoms with Crippen LogP contribution < -0.4 is 0 Å². The van der Waals surface area contributed by atoms with E-state index < -0.39 is 6.00 Å². The van der Waals surface area contributed by atoms with Crippen molar-refractivity contribution in [3.05, 3.63) is 0 Å². The van der Waals surface area contributed by atoms with E-state index in [-0.39, 0.29) is 5.97 Å². The zero-order valence-electron chi connectivity index (χ0n) is 6.78. The maximum atomic E-state index is 10.8. The quantitative estimate of drug-likeness (QED) is 0.425. The Morgan fingerprint density at radius 3 is 2.42 bits per heavy atom. The molecule has 2 nitrogen and oxygen atoms in total. The minimum Gasteiger partial charge on any atom is -0.466 e. The van der Waals surface area contributed by atoms with E-state index in [4.69, 9.17) is 38.0 Å². The maximum Gasteiger partial charge on any atom is 0.341 e. The van der Waals surface area contributed by atoms with Gasteiger partial charge in [-0.3, -0.25) is 4.79 Å². The lowest BCUT2D eigenvalue weighted by atomic mass is 10.3. The SMILES string of the molecule is CCOC(=O)CCC[Si](Cl)(Cl)Cl. The van der Waals surface area contributed by atoms with Crippen LogP contribution >= 0.6 is 33.2 Å². The molecular weight excluding hydrogens is 239 g/mol. The Balaban J connectivity index is 3.37. The number of rotatable bonds is 5. The average Bonchev–Trinajstić information content (AvgIpc) is 1.84. The van der Waals surface area contributed by atoms with Gasteiger partial charge in [0.05, 0.1) is 6.61 Å². The molecule has 0 N–H and O–H groups in total. The Kier molecular flexibility index (Phi) is 6.36. The molecule has 0 saturated heterocycles. The van der Waals surface area contributed by atoms with E-state index in [9.17, 15) is 4.79 Å². The van der Waals surface area contributed by atoms with E-state index in [1.165, 1.54) is 0 Å². The first kappa shape index (κ1) is 12.6. The van der Waals surface area contributed by atoms with E-state index in [0.29, 0.717) is 25.5 Å². The number of carbonyl (C=O) groups excluding carboxylic acids is 1. The molecule has 0 aromatic heterocycles. The summed E-state index contributed by atoms with van der Waals surface area (Å²) >= 11 is 16.8. The molecule has 0 atom stereocenters. The molecule has 0 bridgehead atoms. The second-order valence-electron chi connectivity index (χ2n) is 2.27. The molecule has 0 aliphatic carbocycles. The molecule has 0 radical (unpaired) electrons. The van der Waals surface area contributed by atoms with E-state index in [2.05, 4.69) is 0 Å². The van der Waals surface area contributed by atoms with Crippen LogP contribution in [-0.4, -0.2) is 18.6 Å². The van der Waals surface area contributed by atoms with Gasteiger partial charge in [-0.1, -0.05) is 0 Å². The van der Waals surface area contributed by atoms with Crippen LogP contribution in [0.25, 0.3) is 0 Å². The lowest BCUT2D eigenvalue weighted by molar-refractivity contribution is -0.143. The third kappa shape index (κ3) is 8.65.